The van der Waals surface area contributed by atoms with Crippen LogP contribution in [0, 0.1) is 11.3 Å². The number of aryl methyl sites for hydroxylation is 1. The van der Waals surface area contributed by atoms with Crippen LogP contribution in [-0.2, 0) is 12.8 Å². The maximum atomic E-state index is 12.5. The molecule has 0 fully saturated rings. The molecule has 0 saturated heterocycles. The molecule has 3 heterocycles. The van der Waals surface area contributed by atoms with Gasteiger partial charge in [0.1, 0.15) is 16.6 Å². The monoisotopic (exact) mass is 309 g/mol. The molecule has 22 heavy (non-hydrogen) atoms. The van der Waals surface area contributed by atoms with Crippen LogP contribution in [0.4, 0.5) is 5.00 Å². The highest BCUT2D eigenvalue weighted by Gasteiger charge is 2.24. The second-order valence-electron chi connectivity index (χ2n) is 5.07. The van der Waals surface area contributed by atoms with Gasteiger partial charge in [-0.25, -0.2) is 9.50 Å². The van der Waals surface area contributed by atoms with Gasteiger partial charge in [0.15, 0.2) is 5.65 Å². The molecule has 7 heteroatoms. The summed E-state index contributed by atoms with van der Waals surface area (Å²) in [7, 11) is 0. The van der Waals surface area contributed by atoms with Gasteiger partial charge in [0, 0.05) is 17.3 Å². The Kier molecular flexibility index (Phi) is 2.91. The van der Waals surface area contributed by atoms with Crippen molar-refractivity contribution in [2.24, 2.45) is 0 Å². The Balaban J connectivity index is 1.70. The van der Waals surface area contributed by atoms with Crippen LogP contribution in [0.5, 0.6) is 0 Å². The molecule has 1 N–H and O–H groups in total. The number of nitrogens with zero attached hydrogens (tertiary/aromatic N) is 4. The normalized spacial score (nSPS) is 13.0. The first-order chi connectivity index (χ1) is 10.8. The van der Waals surface area contributed by atoms with Gasteiger partial charge in [0.2, 0.25) is 0 Å². The molecule has 1 amide bonds. The molecule has 0 radical (unpaired) electrons. The predicted octanol–water partition coefficient (Wildman–Crippen LogP) is 2.40. The van der Waals surface area contributed by atoms with Crippen molar-refractivity contribution < 1.29 is 4.79 Å². The first-order valence-electron chi connectivity index (χ1n) is 6.92. The van der Waals surface area contributed by atoms with E-state index in [-0.39, 0.29) is 5.91 Å². The van der Waals surface area contributed by atoms with Crippen LogP contribution >= 0.6 is 11.3 Å². The van der Waals surface area contributed by atoms with Crippen molar-refractivity contribution in [3.05, 3.63) is 46.2 Å². The van der Waals surface area contributed by atoms with Gasteiger partial charge in [-0.1, -0.05) is 0 Å². The first kappa shape index (κ1) is 13.0. The lowest BCUT2D eigenvalue weighted by atomic mass is 10.1. The number of carbonyl (C=O) groups is 1. The zero-order valence-electron chi connectivity index (χ0n) is 11.5. The van der Waals surface area contributed by atoms with E-state index in [4.69, 9.17) is 0 Å². The summed E-state index contributed by atoms with van der Waals surface area (Å²) in [5, 5.41) is 17.0. The van der Waals surface area contributed by atoms with Crippen molar-refractivity contribution in [1.29, 1.82) is 5.26 Å². The van der Waals surface area contributed by atoms with Crippen molar-refractivity contribution in [2.45, 2.75) is 19.3 Å². The lowest BCUT2D eigenvalue weighted by Crippen LogP contribution is -2.12. The summed E-state index contributed by atoms with van der Waals surface area (Å²) < 4.78 is 1.55. The standard InChI is InChI=1S/C15H11N5OS/c16-7-10-9-3-1-4-12(9)22-15(10)19-14(21)11-8-18-20-6-2-5-17-13(11)20/h2,5-6,8H,1,3-4H2,(H,19,21). The number of thiophene rings is 1. The van der Waals surface area contributed by atoms with E-state index in [1.54, 1.807) is 23.0 Å². The highest BCUT2D eigenvalue weighted by atomic mass is 32.1. The lowest BCUT2D eigenvalue weighted by Gasteiger charge is -2.02. The first-order valence-corrected chi connectivity index (χ1v) is 7.74. The molecule has 0 atom stereocenters. The third kappa shape index (κ3) is 1.89. The van der Waals surface area contributed by atoms with E-state index in [0.29, 0.717) is 21.8 Å². The number of hydrogen-bond donors (Lipinski definition) is 1. The number of carbonyl (C=O) groups excluding carboxylic acids is 1. The van der Waals surface area contributed by atoms with Crippen LogP contribution in [0.2, 0.25) is 0 Å². The molecule has 0 saturated carbocycles. The van der Waals surface area contributed by atoms with E-state index >= 15 is 0 Å². The summed E-state index contributed by atoms with van der Waals surface area (Å²) in [5.41, 5.74) is 2.61. The molecule has 108 valence electrons. The topological polar surface area (TPSA) is 83.1 Å². The third-order valence-electron chi connectivity index (χ3n) is 3.78. The van der Waals surface area contributed by atoms with E-state index < -0.39 is 0 Å². The largest absolute Gasteiger partial charge is 0.312 e. The zero-order chi connectivity index (χ0) is 15.1. The summed E-state index contributed by atoms with van der Waals surface area (Å²) in [5.74, 6) is -0.287. The van der Waals surface area contributed by atoms with Crippen LogP contribution in [0.3, 0.4) is 0 Å². The maximum Gasteiger partial charge on any atom is 0.261 e. The minimum atomic E-state index is -0.287. The van der Waals surface area contributed by atoms with Gasteiger partial charge in [0.05, 0.1) is 11.8 Å². The molecule has 0 aliphatic heterocycles. The Labute approximate surface area is 130 Å². The fourth-order valence-corrected chi connectivity index (χ4v) is 4.00. The van der Waals surface area contributed by atoms with E-state index in [0.717, 1.165) is 24.8 Å². The molecule has 3 aromatic rings. The highest BCUT2D eigenvalue weighted by molar-refractivity contribution is 7.16. The minimum Gasteiger partial charge on any atom is -0.312 e. The average molecular weight is 309 g/mol. The molecule has 0 bridgehead atoms. The summed E-state index contributed by atoms with van der Waals surface area (Å²) in [4.78, 5) is 17.9. The van der Waals surface area contributed by atoms with E-state index in [9.17, 15) is 10.1 Å². The highest BCUT2D eigenvalue weighted by Crippen LogP contribution is 2.38. The Morgan fingerprint density at radius 2 is 2.36 bits per heavy atom. The Bertz CT molecular complexity index is 933. The Morgan fingerprint density at radius 3 is 3.23 bits per heavy atom. The van der Waals surface area contributed by atoms with E-state index in [1.807, 2.05) is 0 Å². The molecular formula is C15H11N5OS. The van der Waals surface area contributed by atoms with Crippen LogP contribution in [0.1, 0.15) is 32.8 Å². The second kappa shape index (κ2) is 4.93. The number of nitrogens with one attached hydrogen (secondary N) is 1. The molecule has 4 rings (SSSR count). The lowest BCUT2D eigenvalue weighted by molar-refractivity contribution is 0.102. The van der Waals surface area contributed by atoms with E-state index in [2.05, 4.69) is 21.5 Å². The molecular weight excluding hydrogens is 298 g/mol. The summed E-state index contributed by atoms with van der Waals surface area (Å²) in [6.07, 6.45) is 7.84. The molecule has 0 spiro atoms. The third-order valence-corrected chi connectivity index (χ3v) is 4.99. The number of aromatic nitrogens is 3. The van der Waals surface area contributed by atoms with Crippen molar-refractivity contribution >= 4 is 27.9 Å². The fraction of sp³-hybridized carbons (Fsp3) is 0.200. The molecule has 0 unspecified atom stereocenters. The molecule has 6 nitrogen and oxygen atoms in total. The number of amides is 1. The SMILES string of the molecule is N#Cc1c(NC(=O)c2cnn3cccnc23)sc2c1CCC2. The second-order valence-corrected chi connectivity index (χ2v) is 6.18. The van der Waals surface area contributed by atoms with Gasteiger partial charge >= 0.3 is 0 Å². The maximum absolute atomic E-state index is 12.5. The van der Waals surface area contributed by atoms with Crippen molar-refractivity contribution in [2.75, 3.05) is 5.32 Å². The number of hydrogen-bond acceptors (Lipinski definition) is 5. The molecule has 1 aliphatic carbocycles. The van der Waals surface area contributed by atoms with Gasteiger partial charge in [-0.3, -0.25) is 4.79 Å². The van der Waals surface area contributed by atoms with E-state index in [1.165, 1.54) is 22.4 Å². The smallest absolute Gasteiger partial charge is 0.261 e. The van der Waals surface area contributed by atoms with Gasteiger partial charge in [0.25, 0.3) is 5.91 Å². The van der Waals surface area contributed by atoms with Crippen LogP contribution < -0.4 is 5.32 Å². The average Bonchev–Trinajstić information content (AvgIpc) is 3.20. The molecule has 0 aromatic carbocycles. The predicted molar refractivity (Wildman–Crippen MR) is 82.0 cm³/mol. The van der Waals surface area contributed by atoms with Crippen molar-refractivity contribution in [1.82, 2.24) is 14.6 Å². The number of anilines is 1. The van der Waals surface area contributed by atoms with Gasteiger partial charge in [-0.15, -0.1) is 11.3 Å². The summed E-state index contributed by atoms with van der Waals surface area (Å²) in [6.45, 7) is 0. The van der Waals surface area contributed by atoms with Crippen LogP contribution in [0.15, 0.2) is 24.7 Å². The summed E-state index contributed by atoms with van der Waals surface area (Å²) in [6, 6.07) is 3.97. The van der Waals surface area contributed by atoms with Gasteiger partial charge in [-0.05, 0) is 30.9 Å². The zero-order valence-corrected chi connectivity index (χ0v) is 12.4. The Hall–Kier alpha value is -2.72. The summed E-state index contributed by atoms with van der Waals surface area (Å²) >= 11 is 1.50. The number of fused-ring (bicyclic) bond motifs is 2. The van der Waals surface area contributed by atoms with Crippen LogP contribution in [-0.4, -0.2) is 20.5 Å². The van der Waals surface area contributed by atoms with Crippen molar-refractivity contribution in [3.63, 3.8) is 0 Å². The molecule has 3 aromatic heterocycles. The Morgan fingerprint density at radius 1 is 1.45 bits per heavy atom. The number of rotatable bonds is 2. The number of nitriles is 1. The quantitative estimate of drug-likeness (QED) is 0.788. The van der Waals surface area contributed by atoms with Crippen LogP contribution in [0.25, 0.3) is 5.65 Å². The minimum absolute atomic E-state index is 0.287. The van der Waals surface area contributed by atoms with Gasteiger partial charge in [-0.2, -0.15) is 10.4 Å². The van der Waals surface area contributed by atoms with Gasteiger partial charge < -0.3 is 5.32 Å². The molecule has 1 aliphatic rings. The fourth-order valence-electron chi connectivity index (χ4n) is 2.77. The van der Waals surface area contributed by atoms with Crippen molar-refractivity contribution in [3.8, 4) is 6.07 Å².